The van der Waals surface area contributed by atoms with E-state index in [9.17, 15) is 9.59 Å². The first-order valence-corrected chi connectivity index (χ1v) is 5.74. The molecule has 0 fully saturated rings. The van der Waals surface area contributed by atoms with Crippen LogP contribution < -0.4 is 11.5 Å². The molecule has 7 heteroatoms. The molecule has 1 aromatic heterocycles. The average Bonchev–Trinajstić information content (AvgIpc) is 2.59. The zero-order valence-electron chi connectivity index (χ0n) is 9.30. The minimum absolute atomic E-state index is 0.0973. The largest absolute Gasteiger partial charge is 0.461 e. The van der Waals surface area contributed by atoms with E-state index in [4.69, 9.17) is 16.2 Å². The van der Waals surface area contributed by atoms with Gasteiger partial charge in [-0.2, -0.15) is 0 Å². The number of aromatic nitrogens is 1. The molecule has 0 aromatic carbocycles. The van der Waals surface area contributed by atoms with Crippen LogP contribution in [0.15, 0.2) is 6.08 Å². The summed E-state index contributed by atoms with van der Waals surface area (Å²) in [5, 5.41) is 0.270. The van der Waals surface area contributed by atoms with Gasteiger partial charge in [0.25, 0.3) is 0 Å². The number of carbonyl (C=O) groups excluding carboxylic acids is 2. The summed E-state index contributed by atoms with van der Waals surface area (Å²) in [5.74, 6) is -0.976. The van der Waals surface area contributed by atoms with Gasteiger partial charge in [0.2, 0.25) is 5.91 Å². The molecule has 0 unspecified atom stereocenters. The molecule has 17 heavy (non-hydrogen) atoms. The number of nitrogen functional groups attached to an aromatic ring is 1. The summed E-state index contributed by atoms with van der Waals surface area (Å²) in [4.78, 5) is 26.5. The summed E-state index contributed by atoms with van der Waals surface area (Å²) in [6, 6.07) is 0. The van der Waals surface area contributed by atoms with Crippen LogP contribution in [0.1, 0.15) is 28.7 Å². The van der Waals surface area contributed by atoms with Crippen molar-refractivity contribution >= 4 is 34.4 Å². The lowest BCUT2D eigenvalue weighted by atomic mass is 10.3. The lowest BCUT2D eigenvalue weighted by Gasteiger charge is -1.98. The Labute approximate surface area is 102 Å². The van der Waals surface area contributed by atoms with Crippen molar-refractivity contribution < 1.29 is 14.3 Å². The van der Waals surface area contributed by atoms with Crippen LogP contribution in [-0.4, -0.2) is 23.5 Å². The smallest absolute Gasteiger partial charge is 0.358 e. The highest BCUT2D eigenvalue weighted by atomic mass is 32.1. The molecule has 4 N–H and O–H groups in total. The van der Waals surface area contributed by atoms with Crippen molar-refractivity contribution in [2.75, 3.05) is 12.3 Å². The van der Waals surface area contributed by atoms with Crippen LogP contribution in [0.4, 0.5) is 5.13 Å². The topological polar surface area (TPSA) is 108 Å². The second-order valence-corrected chi connectivity index (χ2v) is 4.12. The van der Waals surface area contributed by atoms with Crippen molar-refractivity contribution in [1.82, 2.24) is 4.98 Å². The summed E-state index contributed by atoms with van der Waals surface area (Å²) < 4.78 is 4.83. The molecule has 0 aliphatic carbocycles. The number of hydrogen-bond donors (Lipinski definition) is 2. The second-order valence-electron chi connectivity index (χ2n) is 3.06. The molecule has 0 saturated heterocycles. The van der Waals surface area contributed by atoms with Crippen LogP contribution in [0.25, 0.3) is 6.08 Å². The van der Waals surface area contributed by atoms with Crippen LogP contribution >= 0.6 is 11.3 Å². The van der Waals surface area contributed by atoms with Crippen LogP contribution in [-0.2, 0) is 9.53 Å². The Bertz CT molecular complexity index is 454. The second kappa shape index (κ2) is 6.00. The molecule has 0 radical (unpaired) electrons. The predicted octanol–water partition coefficient (Wildman–Crippen LogP) is 0.791. The molecule has 1 amide bonds. The van der Waals surface area contributed by atoms with E-state index < -0.39 is 11.9 Å². The van der Waals surface area contributed by atoms with E-state index in [1.807, 2.05) is 0 Å². The van der Waals surface area contributed by atoms with E-state index in [1.165, 1.54) is 0 Å². The molecule has 0 bridgehead atoms. The SMILES string of the molecule is CCOC(=O)c1nc(N)sc1C=CCC(N)=O. The van der Waals surface area contributed by atoms with E-state index in [2.05, 4.69) is 4.98 Å². The van der Waals surface area contributed by atoms with Gasteiger partial charge in [-0.3, -0.25) is 4.79 Å². The third-order valence-corrected chi connectivity index (χ3v) is 2.58. The van der Waals surface area contributed by atoms with E-state index in [-0.39, 0.29) is 23.9 Å². The number of nitrogens with zero attached hydrogens (tertiary/aromatic N) is 1. The quantitative estimate of drug-likeness (QED) is 0.756. The van der Waals surface area contributed by atoms with E-state index in [0.29, 0.717) is 4.88 Å². The van der Waals surface area contributed by atoms with Gasteiger partial charge in [-0.05, 0) is 13.0 Å². The monoisotopic (exact) mass is 255 g/mol. The molecular weight excluding hydrogens is 242 g/mol. The fraction of sp³-hybridized carbons (Fsp3) is 0.300. The van der Waals surface area contributed by atoms with Gasteiger partial charge in [0.05, 0.1) is 11.5 Å². The number of hydrogen-bond acceptors (Lipinski definition) is 6. The molecule has 1 rings (SSSR count). The summed E-state index contributed by atoms with van der Waals surface area (Å²) in [6.45, 7) is 1.97. The number of amides is 1. The molecule has 0 spiro atoms. The van der Waals surface area contributed by atoms with Gasteiger partial charge < -0.3 is 16.2 Å². The lowest BCUT2D eigenvalue weighted by Crippen LogP contribution is -2.08. The average molecular weight is 255 g/mol. The Hall–Kier alpha value is -1.89. The first-order valence-electron chi connectivity index (χ1n) is 4.92. The summed E-state index contributed by atoms with van der Waals surface area (Å²) in [7, 11) is 0. The Kier molecular flexibility index (Phi) is 4.65. The van der Waals surface area contributed by atoms with E-state index >= 15 is 0 Å². The van der Waals surface area contributed by atoms with Gasteiger partial charge in [-0.25, -0.2) is 9.78 Å². The highest BCUT2D eigenvalue weighted by molar-refractivity contribution is 7.16. The standard InChI is InChI=1S/C10H13N3O3S/c1-2-16-9(15)8-6(17-10(12)13-8)4-3-5-7(11)14/h3-4H,2,5H2,1H3,(H2,11,14)(H2,12,13). The molecule has 92 valence electrons. The maximum absolute atomic E-state index is 11.5. The van der Waals surface area contributed by atoms with E-state index in [1.54, 1.807) is 19.1 Å². The Morgan fingerprint density at radius 1 is 1.53 bits per heavy atom. The molecule has 1 heterocycles. The number of thiazole rings is 1. The highest BCUT2D eigenvalue weighted by Crippen LogP contribution is 2.22. The first kappa shape index (κ1) is 13.2. The number of carbonyl (C=O) groups is 2. The van der Waals surface area contributed by atoms with Crippen molar-refractivity contribution in [3.8, 4) is 0 Å². The van der Waals surface area contributed by atoms with Gasteiger partial charge in [-0.1, -0.05) is 17.4 Å². The zero-order valence-corrected chi connectivity index (χ0v) is 10.1. The molecule has 0 aliphatic heterocycles. The fourth-order valence-corrected chi connectivity index (χ4v) is 1.84. The van der Waals surface area contributed by atoms with Crippen LogP contribution in [0.5, 0.6) is 0 Å². The molecule has 1 aromatic rings. The van der Waals surface area contributed by atoms with Crippen molar-refractivity contribution in [2.45, 2.75) is 13.3 Å². The van der Waals surface area contributed by atoms with Crippen molar-refractivity contribution in [2.24, 2.45) is 5.73 Å². The zero-order chi connectivity index (χ0) is 12.8. The molecule has 0 atom stereocenters. The summed E-state index contributed by atoms with van der Waals surface area (Å²) in [6.07, 6.45) is 3.24. The number of primary amides is 1. The maximum Gasteiger partial charge on any atom is 0.358 e. The van der Waals surface area contributed by atoms with Crippen molar-refractivity contribution in [3.63, 3.8) is 0 Å². The fourth-order valence-electron chi connectivity index (χ4n) is 1.09. The Balaban J connectivity index is 2.87. The van der Waals surface area contributed by atoms with Gasteiger partial charge in [0.15, 0.2) is 10.8 Å². The Morgan fingerprint density at radius 3 is 2.82 bits per heavy atom. The number of rotatable bonds is 5. The number of esters is 1. The predicted molar refractivity (Wildman–Crippen MR) is 65.3 cm³/mol. The summed E-state index contributed by atoms with van der Waals surface area (Å²) >= 11 is 1.15. The minimum atomic E-state index is -0.529. The van der Waals surface area contributed by atoms with Crippen molar-refractivity contribution in [3.05, 3.63) is 16.6 Å². The van der Waals surface area contributed by atoms with Gasteiger partial charge in [-0.15, -0.1) is 0 Å². The molecular formula is C10H13N3O3S. The lowest BCUT2D eigenvalue weighted by molar-refractivity contribution is -0.117. The number of anilines is 1. The minimum Gasteiger partial charge on any atom is -0.461 e. The van der Waals surface area contributed by atoms with Crippen LogP contribution in [0.2, 0.25) is 0 Å². The number of nitrogens with two attached hydrogens (primary N) is 2. The normalized spacial score (nSPS) is 10.6. The van der Waals surface area contributed by atoms with Gasteiger partial charge in [0, 0.05) is 6.42 Å². The summed E-state index contributed by atoms with van der Waals surface area (Å²) in [5.41, 5.74) is 10.7. The Morgan fingerprint density at radius 2 is 2.24 bits per heavy atom. The molecule has 0 saturated carbocycles. The molecule has 6 nitrogen and oxygen atoms in total. The van der Waals surface area contributed by atoms with Crippen LogP contribution in [0.3, 0.4) is 0 Å². The third-order valence-electron chi connectivity index (χ3n) is 1.73. The van der Waals surface area contributed by atoms with Crippen molar-refractivity contribution in [1.29, 1.82) is 0 Å². The first-order chi connectivity index (χ1) is 8.04. The molecule has 0 aliphatic rings. The third kappa shape index (κ3) is 3.87. The van der Waals surface area contributed by atoms with Gasteiger partial charge in [0.1, 0.15) is 0 Å². The maximum atomic E-state index is 11.5. The van der Waals surface area contributed by atoms with Crippen LogP contribution in [0, 0.1) is 0 Å². The number of ether oxygens (including phenoxy) is 1. The van der Waals surface area contributed by atoms with E-state index in [0.717, 1.165) is 11.3 Å². The van der Waals surface area contributed by atoms with Gasteiger partial charge >= 0.3 is 5.97 Å². The highest BCUT2D eigenvalue weighted by Gasteiger charge is 2.16.